The van der Waals surface area contributed by atoms with Gasteiger partial charge in [0.25, 0.3) is 0 Å². The van der Waals surface area contributed by atoms with Gasteiger partial charge in [-0.05, 0) is 197 Å². The van der Waals surface area contributed by atoms with Gasteiger partial charge in [-0.2, -0.15) is 0 Å². The summed E-state index contributed by atoms with van der Waals surface area (Å²) in [5, 5.41) is 0. The molecule has 14 aromatic rings. The fourth-order valence-electron chi connectivity index (χ4n) is 11.8. The summed E-state index contributed by atoms with van der Waals surface area (Å²) in [6.07, 6.45) is 0. The second-order valence-corrected chi connectivity index (χ2v) is 21.8. The lowest BCUT2D eigenvalue weighted by Gasteiger charge is -2.29. The fourth-order valence-corrected chi connectivity index (χ4v) is 11.8. The van der Waals surface area contributed by atoms with E-state index in [1.165, 1.54) is 0 Å². The maximum Gasteiger partial charge on any atom is 0.0473 e. The van der Waals surface area contributed by atoms with Crippen LogP contribution in [0.15, 0.2) is 364 Å². The van der Waals surface area contributed by atoms with Crippen LogP contribution in [0.25, 0.3) is 100 Å². The van der Waals surface area contributed by atoms with Crippen molar-refractivity contribution in [1.82, 2.24) is 0 Å². The third-order valence-electron chi connectivity index (χ3n) is 16.1. The molecule has 0 unspecified atom stereocenters. The number of hydrogen-bond donors (Lipinski definition) is 0. The first-order valence-electron chi connectivity index (χ1n) is 29.4. The third-order valence-corrected chi connectivity index (χ3v) is 16.1. The molecule has 0 saturated carbocycles. The van der Waals surface area contributed by atoms with Crippen LogP contribution in [0, 0.1) is 0 Å². The Bertz CT molecular complexity index is 3770. The zero-order chi connectivity index (χ0) is 57.4. The highest BCUT2D eigenvalue weighted by Crippen LogP contribution is 2.46. The molecule has 0 bridgehead atoms. The highest BCUT2D eigenvalue weighted by molar-refractivity contribution is 5.92. The molecule has 2 nitrogen and oxygen atoms in total. The molecule has 14 rings (SSSR count). The molecule has 0 aliphatic heterocycles. The van der Waals surface area contributed by atoms with Crippen LogP contribution in [0.2, 0.25) is 0 Å². The van der Waals surface area contributed by atoms with Crippen LogP contribution in [-0.4, -0.2) is 0 Å². The zero-order valence-corrected chi connectivity index (χ0v) is 47.5. The van der Waals surface area contributed by atoms with Crippen LogP contribution >= 0.6 is 0 Å². The molecule has 0 atom stereocenters. The Kier molecular flexibility index (Phi) is 14.9. The largest absolute Gasteiger partial charge is 0.310 e. The molecular weight excluding hydrogens is 1040 g/mol. The first-order chi connectivity index (χ1) is 42.6. The topological polar surface area (TPSA) is 6.48 Å². The zero-order valence-electron chi connectivity index (χ0n) is 47.5. The molecular formula is C84H60N2. The minimum atomic E-state index is 1.05. The van der Waals surface area contributed by atoms with E-state index in [1.807, 2.05) is 0 Å². The minimum absolute atomic E-state index is 1.05. The monoisotopic (exact) mass is 1100 g/mol. The average Bonchev–Trinajstić information content (AvgIpc) is 3.68. The van der Waals surface area contributed by atoms with Gasteiger partial charge in [0.1, 0.15) is 0 Å². The van der Waals surface area contributed by atoms with E-state index in [0.717, 1.165) is 134 Å². The molecule has 2 heteroatoms. The van der Waals surface area contributed by atoms with Gasteiger partial charge in [-0.15, -0.1) is 0 Å². The van der Waals surface area contributed by atoms with Crippen molar-refractivity contribution in [3.63, 3.8) is 0 Å². The number of hydrogen-bond acceptors (Lipinski definition) is 2. The number of nitrogens with zero attached hydrogens (tertiary/aromatic N) is 2. The summed E-state index contributed by atoms with van der Waals surface area (Å²) in [4.78, 5) is 4.87. The molecule has 406 valence electrons. The molecule has 0 aliphatic carbocycles. The Morgan fingerprint density at radius 2 is 0.244 bits per heavy atom. The van der Waals surface area contributed by atoms with Crippen molar-refractivity contribution in [2.45, 2.75) is 0 Å². The van der Waals surface area contributed by atoms with E-state index in [-0.39, 0.29) is 0 Å². The molecule has 0 N–H and O–H groups in total. The maximum absolute atomic E-state index is 2.43. The van der Waals surface area contributed by atoms with Crippen LogP contribution in [-0.2, 0) is 0 Å². The SMILES string of the molecule is c1ccc(-c2cc(-c3ccccc3)cc(N(c3ccc(-c4ccc(N(c5cc(-c6ccccc6)cc(-c6ccccc6)c5)c5cc(-c6ccccc6)cc(-c6ccccc6)c5)cc4)cc3)c3cc(-c4ccccc4)cc(-c4ccccc4)c3)c2)cc1. The quantitative estimate of drug-likeness (QED) is 0.101. The van der Waals surface area contributed by atoms with Gasteiger partial charge in [0.2, 0.25) is 0 Å². The van der Waals surface area contributed by atoms with Crippen molar-refractivity contribution >= 4 is 34.1 Å². The summed E-state index contributed by atoms with van der Waals surface area (Å²) in [5.74, 6) is 0. The summed E-state index contributed by atoms with van der Waals surface area (Å²) in [5.41, 5.74) is 27.0. The Morgan fingerprint density at radius 1 is 0.105 bits per heavy atom. The van der Waals surface area contributed by atoms with Gasteiger partial charge in [0, 0.05) is 34.1 Å². The van der Waals surface area contributed by atoms with E-state index in [2.05, 4.69) is 374 Å². The smallest absolute Gasteiger partial charge is 0.0473 e. The van der Waals surface area contributed by atoms with Crippen LogP contribution < -0.4 is 9.80 Å². The summed E-state index contributed by atoms with van der Waals surface area (Å²) in [7, 11) is 0. The number of rotatable bonds is 15. The van der Waals surface area contributed by atoms with Crippen molar-refractivity contribution in [2.75, 3.05) is 9.80 Å². The van der Waals surface area contributed by atoms with E-state index >= 15 is 0 Å². The summed E-state index contributed by atoms with van der Waals surface area (Å²) in [6, 6.07) is 132. The van der Waals surface area contributed by atoms with Gasteiger partial charge in [0.15, 0.2) is 0 Å². The third kappa shape index (κ3) is 11.4. The van der Waals surface area contributed by atoms with E-state index in [1.54, 1.807) is 0 Å². The van der Waals surface area contributed by atoms with Crippen molar-refractivity contribution < 1.29 is 0 Å². The second kappa shape index (κ2) is 24.3. The fraction of sp³-hybridized carbons (Fsp3) is 0. The van der Waals surface area contributed by atoms with Crippen LogP contribution in [0.1, 0.15) is 0 Å². The molecule has 0 spiro atoms. The number of benzene rings is 14. The lowest BCUT2D eigenvalue weighted by molar-refractivity contribution is 1.28. The minimum Gasteiger partial charge on any atom is -0.310 e. The molecule has 0 heterocycles. The van der Waals surface area contributed by atoms with Crippen LogP contribution in [0.3, 0.4) is 0 Å². The first kappa shape index (κ1) is 52.7. The van der Waals surface area contributed by atoms with E-state index < -0.39 is 0 Å². The highest BCUT2D eigenvalue weighted by atomic mass is 15.1. The standard InChI is InChI=1S/C84H60N2/c1-9-25-61(26-10-1)71-49-72(62-27-11-2-12-28-62)54-81(53-71)85(82-55-73(63-29-13-3-14-30-63)50-74(56-82)64-31-15-4-16-32-64)79-45-41-69(42-46-79)70-43-47-80(48-44-70)86(83-57-75(65-33-17-5-18-34-65)51-76(58-83)66-35-19-6-20-36-66)84-59-77(67-37-21-7-22-38-67)52-78(60-84)68-39-23-8-24-40-68/h1-60H. The lowest BCUT2D eigenvalue weighted by Crippen LogP contribution is -2.11. The molecule has 0 radical (unpaired) electrons. The Balaban J connectivity index is 0.915. The summed E-state index contributed by atoms with van der Waals surface area (Å²) in [6.45, 7) is 0. The second-order valence-electron chi connectivity index (χ2n) is 21.8. The van der Waals surface area contributed by atoms with Gasteiger partial charge in [0.05, 0.1) is 0 Å². The normalized spacial score (nSPS) is 11.0. The van der Waals surface area contributed by atoms with Gasteiger partial charge in [-0.1, -0.05) is 267 Å². The van der Waals surface area contributed by atoms with E-state index in [0.29, 0.717) is 0 Å². The van der Waals surface area contributed by atoms with Gasteiger partial charge in [-0.3, -0.25) is 0 Å². The summed E-state index contributed by atoms with van der Waals surface area (Å²) < 4.78 is 0. The van der Waals surface area contributed by atoms with E-state index in [9.17, 15) is 0 Å². The lowest BCUT2D eigenvalue weighted by atomic mass is 9.95. The molecule has 0 aliphatic rings. The first-order valence-corrected chi connectivity index (χ1v) is 29.4. The van der Waals surface area contributed by atoms with Crippen LogP contribution in [0.5, 0.6) is 0 Å². The van der Waals surface area contributed by atoms with Crippen molar-refractivity contribution in [2.24, 2.45) is 0 Å². The molecule has 0 aromatic heterocycles. The molecule has 86 heavy (non-hydrogen) atoms. The predicted octanol–water partition coefficient (Wildman–Crippen LogP) is 23.6. The van der Waals surface area contributed by atoms with Crippen molar-refractivity contribution in [3.8, 4) is 100 Å². The Labute approximate surface area is 505 Å². The molecule has 0 amide bonds. The molecule has 14 aromatic carbocycles. The average molecular weight is 1100 g/mol. The molecule has 0 fully saturated rings. The van der Waals surface area contributed by atoms with Gasteiger partial charge < -0.3 is 9.80 Å². The maximum atomic E-state index is 2.43. The van der Waals surface area contributed by atoms with Crippen molar-refractivity contribution in [3.05, 3.63) is 364 Å². The van der Waals surface area contributed by atoms with E-state index in [4.69, 9.17) is 0 Å². The Hall–Kier alpha value is -11.3. The molecule has 0 saturated heterocycles. The van der Waals surface area contributed by atoms with Crippen LogP contribution in [0.4, 0.5) is 34.1 Å². The summed E-state index contributed by atoms with van der Waals surface area (Å²) >= 11 is 0. The highest BCUT2D eigenvalue weighted by Gasteiger charge is 2.21. The van der Waals surface area contributed by atoms with Gasteiger partial charge in [-0.25, -0.2) is 0 Å². The predicted molar refractivity (Wildman–Crippen MR) is 365 cm³/mol. The Morgan fingerprint density at radius 3 is 0.395 bits per heavy atom. The van der Waals surface area contributed by atoms with Gasteiger partial charge >= 0.3 is 0 Å². The number of anilines is 6. The van der Waals surface area contributed by atoms with Crippen molar-refractivity contribution in [1.29, 1.82) is 0 Å².